The van der Waals surface area contributed by atoms with E-state index in [1.54, 1.807) is 11.6 Å². The molecule has 0 saturated heterocycles. The lowest BCUT2D eigenvalue weighted by Gasteiger charge is -2.10. The van der Waals surface area contributed by atoms with Gasteiger partial charge in [0.2, 0.25) is 11.1 Å². The molecule has 1 amide bonds. The summed E-state index contributed by atoms with van der Waals surface area (Å²) in [6.07, 6.45) is 0.723. The van der Waals surface area contributed by atoms with E-state index in [1.807, 2.05) is 25.3 Å². The number of carbonyl (C=O) groups is 2. The normalized spacial score (nSPS) is 11.2. The van der Waals surface area contributed by atoms with Crippen molar-refractivity contribution in [2.45, 2.75) is 46.2 Å². The van der Waals surface area contributed by atoms with E-state index in [0.717, 1.165) is 35.1 Å². The topological polar surface area (TPSA) is 130 Å². The summed E-state index contributed by atoms with van der Waals surface area (Å²) >= 11 is 2.46. The number of ether oxygens (including phenoxy) is 1. The van der Waals surface area contributed by atoms with Crippen LogP contribution < -0.4 is 11.2 Å². The maximum Gasteiger partial charge on any atom is 0.341 e. The standard InChI is InChI=1S/C20H27N7O3S2/c1-6-30-18(29)16-14(7-11(2)3)9-31-17(16)22-15(28)10-32-20-24-23-19(26(20)21)27-13(5)8-12(4)25-27/h8-9,11H,6-7,10,21H2,1-5H3,(H,22,28). The number of amides is 1. The number of thioether (sulfide) groups is 1. The van der Waals surface area contributed by atoms with Gasteiger partial charge in [-0.3, -0.25) is 4.79 Å². The SMILES string of the molecule is CCOC(=O)c1c(CC(C)C)csc1NC(=O)CSc1nnc(-n2nc(C)cc2C)n1N. The summed E-state index contributed by atoms with van der Waals surface area (Å²) in [5.74, 6) is 6.18. The molecule has 0 fully saturated rings. The van der Waals surface area contributed by atoms with Crippen LogP contribution in [0.5, 0.6) is 0 Å². The van der Waals surface area contributed by atoms with Gasteiger partial charge >= 0.3 is 5.97 Å². The van der Waals surface area contributed by atoms with E-state index in [2.05, 4.69) is 34.5 Å². The lowest BCUT2D eigenvalue weighted by Crippen LogP contribution is -2.19. The molecule has 0 aromatic carbocycles. The highest BCUT2D eigenvalue weighted by molar-refractivity contribution is 7.99. The van der Waals surface area contributed by atoms with Crippen molar-refractivity contribution in [3.05, 3.63) is 34.0 Å². The summed E-state index contributed by atoms with van der Waals surface area (Å²) in [6.45, 7) is 9.94. The van der Waals surface area contributed by atoms with E-state index in [-0.39, 0.29) is 18.3 Å². The molecule has 3 N–H and O–H groups in total. The second-order valence-corrected chi connectivity index (χ2v) is 9.43. The molecule has 3 aromatic heterocycles. The zero-order valence-electron chi connectivity index (χ0n) is 18.7. The number of nitrogens with zero attached hydrogens (tertiary/aromatic N) is 5. The molecule has 0 radical (unpaired) electrons. The van der Waals surface area contributed by atoms with Crippen LogP contribution in [0.1, 0.15) is 48.1 Å². The van der Waals surface area contributed by atoms with Crippen LogP contribution in [0.25, 0.3) is 5.95 Å². The molecule has 0 unspecified atom stereocenters. The fourth-order valence-electron chi connectivity index (χ4n) is 3.14. The summed E-state index contributed by atoms with van der Waals surface area (Å²) in [4.78, 5) is 25.1. The van der Waals surface area contributed by atoms with Gasteiger partial charge in [-0.2, -0.15) is 5.10 Å². The first kappa shape index (κ1) is 23.8. The van der Waals surface area contributed by atoms with E-state index in [4.69, 9.17) is 10.6 Å². The quantitative estimate of drug-likeness (QED) is 0.273. The minimum absolute atomic E-state index is 0.0477. The Morgan fingerprint density at radius 1 is 1.31 bits per heavy atom. The van der Waals surface area contributed by atoms with Crippen LogP contribution in [-0.2, 0) is 16.0 Å². The molecule has 3 aromatic rings. The molecular weight excluding hydrogens is 450 g/mol. The van der Waals surface area contributed by atoms with Gasteiger partial charge < -0.3 is 15.9 Å². The molecule has 3 rings (SSSR count). The van der Waals surface area contributed by atoms with Crippen LogP contribution >= 0.6 is 23.1 Å². The first-order chi connectivity index (χ1) is 15.2. The second-order valence-electron chi connectivity index (χ2n) is 7.61. The van der Waals surface area contributed by atoms with Crippen molar-refractivity contribution in [3.8, 4) is 5.95 Å². The summed E-state index contributed by atoms with van der Waals surface area (Å²) in [5, 5.41) is 18.1. The minimum atomic E-state index is -0.427. The summed E-state index contributed by atoms with van der Waals surface area (Å²) in [5.41, 5.74) is 3.02. The number of hydrogen-bond acceptors (Lipinski definition) is 9. The van der Waals surface area contributed by atoms with Crippen molar-refractivity contribution in [1.29, 1.82) is 0 Å². The fourth-order valence-corrected chi connectivity index (χ4v) is 4.77. The molecule has 10 nitrogen and oxygen atoms in total. The van der Waals surface area contributed by atoms with Crippen molar-refractivity contribution in [2.24, 2.45) is 5.92 Å². The molecule has 0 aliphatic carbocycles. The number of aryl methyl sites for hydroxylation is 2. The van der Waals surface area contributed by atoms with Crippen molar-refractivity contribution in [2.75, 3.05) is 23.5 Å². The van der Waals surface area contributed by atoms with E-state index in [1.165, 1.54) is 16.0 Å². The number of esters is 1. The lowest BCUT2D eigenvalue weighted by molar-refractivity contribution is -0.113. The van der Waals surface area contributed by atoms with E-state index >= 15 is 0 Å². The Morgan fingerprint density at radius 3 is 2.69 bits per heavy atom. The molecule has 0 aliphatic heterocycles. The van der Waals surface area contributed by atoms with Crippen LogP contribution in [0, 0.1) is 19.8 Å². The summed E-state index contributed by atoms with van der Waals surface area (Å²) < 4.78 is 8.09. The number of hydrogen-bond donors (Lipinski definition) is 2. The van der Waals surface area contributed by atoms with Crippen LogP contribution in [0.3, 0.4) is 0 Å². The van der Waals surface area contributed by atoms with Crippen LogP contribution in [0.2, 0.25) is 0 Å². The summed E-state index contributed by atoms with van der Waals surface area (Å²) in [7, 11) is 0. The molecule has 3 heterocycles. The Hall–Kier alpha value is -2.86. The smallest absolute Gasteiger partial charge is 0.341 e. The third-order valence-corrected chi connectivity index (χ3v) is 6.29. The molecule has 0 spiro atoms. The molecule has 172 valence electrons. The Kier molecular flexibility index (Phi) is 7.56. The number of nitrogens with two attached hydrogens (primary N) is 1. The fraction of sp³-hybridized carbons (Fsp3) is 0.450. The Balaban J connectivity index is 1.70. The van der Waals surface area contributed by atoms with Gasteiger partial charge in [-0.05, 0) is 50.1 Å². The molecule has 12 heteroatoms. The van der Waals surface area contributed by atoms with Crippen molar-refractivity contribution in [1.82, 2.24) is 24.7 Å². The first-order valence-corrected chi connectivity index (χ1v) is 12.0. The maximum absolute atomic E-state index is 12.6. The number of rotatable bonds is 9. The van der Waals surface area contributed by atoms with E-state index < -0.39 is 5.97 Å². The molecule has 32 heavy (non-hydrogen) atoms. The van der Waals surface area contributed by atoms with Gasteiger partial charge in [0.15, 0.2) is 0 Å². The van der Waals surface area contributed by atoms with Crippen LogP contribution in [-0.4, -0.2) is 48.9 Å². The average Bonchev–Trinajstić information content (AvgIpc) is 3.37. The van der Waals surface area contributed by atoms with Gasteiger partial charge in [-0.15, -0.1) is 21.5 Å². The number of anilines is 1. The van der Waals surface area contributed by atoms with Crippen molar-refractivity contribution in [3.63, 3.8) is 0 Å². The highest BCUT2D eigenvalue weighted by Crippen LogP contribution is 2.31. The predicted molar refractivity (Wildman–Crippen MR) is 125 cm³/mol. The monoisotopic (exact) mass is 477 g/mol. The third-order valence-electron chi connectivity index (χ3n) is 4.41. The Labute approximate surface area is 194 Å². The molecular formula is C20H27N7O3S2. The third kappa shape index (κ3) is 5.30. The average molecular weight is 478 g/mol. The number of thiophene rings is 1. The predicted octanol–water partition coefficient (Wildman–Crippen LogP) is 2.96. The largest absolute Gasteiger partial charge is 0.462 e. The number of nitrogen functional groups attached to an aromatic ring is 1. The van der Waals surface area contributed by atoms with E-state index in [9.17, 15) is 9.59 Å². The van der Waals surface area contributed by atoms with Crippen molar-refractivity contribution >= 4 is 40.0 Å². The summed E-state index contributed by atoms with van der Waals surface area (Å²) in [6, 6.07) is 1.91. The van der Waals surface area contributed by atoms with E-state index in [0.29, 0.717) is 27.6 Å². The lowest BCUT2D eigenvalue weighted by atomic mass is 10.0. The van der Waals surface area contributed by atoms with Gasteiger partial charge in [-0.1, -0.05) is 25.6 Å². The highest BCUT2D eigenvalue weighted by atomic mass is 32.2. The zero-order chi connectivity index (χ0) is 23.4. The molecule has 0 aliphatic rings. The second kappa shape index (κ2) is 10.2. The van der Waals surface area contributed by atoms with Crippen LogP contribution in [0.4, 0.5) is 5.00 Å². The Morgan fingerprint density at radius 2 is 2.06 bits per heavy atom. The number of aromatic nitrogens is 5. The highest BCUT2D eigenvalue weighted by Gasteiger charge is 2.23. The van der Waals surface area contributed by atoms with Gasteiger partial charge in [-0.25, -0.2) is 14.2 Å². The Bertz CT molecular complexity index is 1120. The van der Waals surface area contributed by atoms with Gasteiger partial charge in [0.25, 0.3) is 5.95 Å². The minimum Gasteiger partial charge on any atom is -0.462 e. The van der Waals surface area contributed by atoms with Crippen molar-refractivity contribution < 1.29 is 14.3 Å². The van der Waals surface area contributed by atoms with Gasteiger partial charge in [0.05, 0.1) is 23.6 Å². The van der Waals surface area contributed by atoms with Gasteiger partial charge in [0.1, 0.15) is 5.00 Å². The molecule has 0 bridgehead atoms. The molecule has 0 atom stereocenters. The number of nitrogens with one attached hydrogen (secondary N) is 1. The van der Waals surface area contributed by atoms with Crippen LogP contribution in [0.15, 0.2) is 16.6 Å². The zero-order valence-corrected chi connectivity index (χ0v) is 20.3. The maximum atomic E-state index is 12.6. The first-order valence-electron chi connectivity index (χ1n) is 10.2. The molecule has 0 saturated carbocycles. The van der Waals surface area contributed by atoms with Gasteiger partial charge in [0, 0.05) is 5.69 Å². The number of carbonyl (C=O) groups excluding carboxylic acids is 2.